The number of aromatic nitrogens is 5. The van der Waals surface area contributed by atoms with E-state index in [0.29, 0.717) is 18.0 Å². The van der Waals surface area contributed by atoms with Crippen LogP contribution in [0.5, 0.6) is 0 Å². The van der Waals surface area contributed by atoms with Crippen molar-refractivity contribution in [2.45, 2.75) is 24.9 Å². The topological polar surface area (TPSA) is 115 Å². The third kappa shape index (κ3) is 4.30. The zero-order valence-corrected chi connectivity index (χ0v) is 16.7. The number of nitrogens with two attached hydrogens (primary N) is 1. The molecule has 2 aromatic heterocycles. The highest BCUT2D eigenvalue weighted by molar-refractivity contribution is 7.99. The first-order valence-electron chi connectivity index (χ1n) is 9.21. The van der Waals surface area contributed by atoms with E-state index in [-0.39, 0.29) is 11.7 Å². The van der Waals surface area contributed by atoms with E-state index >= 15 is 0 Å². The van der Waals surface area contributed by atoms with E-state index in [1.807, 2.05) is 54.0 Å². The Labute approximate surface area is 171 Å². The smallest absolute Gasteiger partial charge is 0.244 e. The first-order valence-corrected chi connectivity index (χ1v) is 10.2. The first kappa shape index (κ1) is 19.2. The molecule has 0 atom stereocenters. The number of para-hydroxylation sites is 2. The number of H-pyrrole nitrogens is 1. The Balaban J connectivity index is 1.61. The lowest BCUT2D eigenvalue weighted by Crippen LogP contribution is -2.31. The van der Waals surface area contributed by atoms with E-state index in [0.717, 1.165) is 33.9 Å². The van der Waals surface area contributed by atoms with Crippen molar-refractivity contribution in [3.8, 4) is 5.69 Å². The third-order valence-electron chi connectivity index (χ3n) is 4.48. The number of carbonyl (C=O) groups is 1. The number of hydrogen-bond acceptors (Lipinski definition) is 6. The molecular formula is C20H21N7OS. The van der Waals surface area contributed by atoms with Gasteiger partial charge in [-0.2, -0.15) is 0 Å². The molecular weight excluding hydrogens is 386 g/mol. The second-order valence-corrected chi connectivity index (χ2v) is 7.57. The van der Waals surface area contributed by atoms with Crippen LogP contribution in [-0.2, 0) is 17.6 Å². The minimum absolute atomic E-state index is 0.171. The van der Waals surface area contributed by atoms with Crippen molar-refractivity contribution >= 4 is 28.7 Å². The number of thioether (sulfide) groups is 1. The van der Waals surface area contributed by atoms with E-state index in [1.165, 1.54) is 11.8 Å². The zero-order chi connectivity index (χ0) is 20.2. The highest BCUT2D eigenvalue weighted by Crippen LogP contribution is 2.23. The number of benzene rings is 2. The van der Waals surface area contributed by atoms with Crippen LogP contribution in [0.25, 0.3) is 16.7 Å². The largest absolute Gasteiger partial charge is 0.342 e. The van der Waals surface area contributed by atoms with E-state index in [4.69, 9.17) is 5.84 Å². The number of rotatable bonds is 7. The van der Waals surface area contributed by atoms with Crippen molar-refractivity contribution < 1.29 is 4.79 Å². The van der Waals surface area contributed by atoms with Crippen molar-refractivity contribution in [1.82, 2.24) is 30.2 Å². The third-order valence-corrected chi connectivity index (χ3v) is 5.41. The van der Waals surface area contributed by atoms with E-state index in [9.17, 15) is 4.79 Å². The fourth-order valence-corrected chi connectivity index (χ4v) is 3.89. The molecule has 29 heavy (non-hydrogen) atoms. The number of aromatic amines is 1. The van der Waals surface area contributed by atoms with Gasteiger partial charge in [-0.15, -0.1) is 10.2 Å². The standard InChI is InChI=1S/C20H21N7OS/c1-13-5-4-6-14(11-13)27-18(25-26-20(27)29-12-19(28)24-21)10-9-17-22-15-7-2-3-8-16(15)23-17/h2-8,11H,9-10,12,21H2,1H3,(H,22,23)(H,24,28). The minimum atomic E-state index is -0.266. The second-order valence-electron chi connectivity index (χ2n) is 6.63. The molecule has 9 heteroatoms. The summed E-state index contributed by atoms with van der Waals surface area (Å²) >= 11 is 1.30. The van der Waals surface area contributed by atoms with Crippen LogP contribution in [0.3, 0.4) is 0 Å². The van der Waals surface area contributed by atoms with Crippen molar-refractivity contribution in [2.75, 3.05) is 5.75 Å². The van der Waals surface area contributed by atoms with Gasteiger partial charge in [0.2, 0.25) is 5.91 Å². The summed E-state index contributed by atoms with van der Waals surface area (Å²) in [6.45, 7) is 2.04. The molecule has 2 aromatic carbocycles. The van der Waals surface area contributed by atoms with E-state index in [2.05, 4.69) is 31.7 Å². The summed E-state index contributed by atoms with van der Waals surface area (Å²) in [6, 6.07) is 16.1. The van der Waals surface area contributed by atoms with Crippen LogP contribution < -0.4 is 11.3 Å². The van der Waals surface area contributed by atoms with Crippen LogP contribution in [-0.4, -0.2) is 36.4 Å². The molecule has 0 radical (unpaired) electrons. The van der Waals surface area contributed by atoms with E-state index in [1.54, 1.807) is 0 Å². The summed E-state index contributed by atoms with van der Waals surface area (Å²) in [7, 11) is 0. The molecule has 0 aliphatic carbocycles. The maximum Gasteiger partial charge on any atom is 0.244 e. The van der Waals surface area contributed by atoms with Gasteiger partial charge in [0.1, 0.15) is 11.6 Å². The quantitative estimate of drug-likeness (QED) is 0.187. The van der Waals surface area contributed by atoms with Gasteiger partial charge in [0.05, 0.1) is 16.8 Å². The van der Waals surface area contributed by atoms with Crippen LogP contribution in [0.1, 0.15) is 17.2 Å². The van der Waals surface area contributed by atoms with Gasteiger partial charge in [0.25, 0.3) is 0 Å². The highest BCUT2D eigenvalue weighted by Gasteiger charge is 2.16. The van der Waals surface area contributed by atoms with Gasteiger partial charge in [-0.25, -0.2) is 10.8 Å². The highest BCUT2D eigenvalue weighted by atomic mass is 32.2. The molecule has 0 fully saturated rings. The summed E-state index contributed by atoms with van der Waals surface area (Å²) < 4.78 is 1.99. The molecule has 0 unspecified atom stereocenters. The lowest BCUT2D eigenvalue weighted by molar-refractivity contribution is -0.118. The second kappa shape index (κ2) is 8.46. The SMILES string of the molecule is Cc1cccc(-n2c(CCc3nc4ccccc4[nH]3)nnc2SCC(=O)NN)c1. The number of carbonyl (C=O) groups excluding carboxylic acids is 1. The number of nitrogens with one attached hydrogen (secondary N) is 2. The molecule has 0 bridgehead atoms. The fraction of sp³-hybridized carbons (Fsp3) is 0.200. The maximum absolute atomic E-state index is 11.6. The van der Waals surface area contributed by atoms with Gasteiger partial charge >= 0.3 is 0 Å². The molecule has 2 heterocycles. The zero-order valence-electron chi connectivity index (χ0n) is 15.9. The Bertz CT molecular complexity index is 1120. The van der Waals surface area contributed by atoms with Gasteiger partial charge in [-0.05, 0) is 36.8 Å². The van der Waals surface area contributed by atoms with Gasteiger partial charge < -0.3 is 4.98 Å². The summed E-state index contributed by atoms with van der Waals surface area (Å²) in [5.74, 6) is 6.81. The number of nitrogens with zero attached hydrogens (tertiary/aromatic N) is 4. The van der Waals surface area contributed by atoms with E-state index < -0.39 is 0 Å². The van der Waals surface area contributed by atoms with Crippen LogP contribution in [0.2, 0.25) is 0 Å². The number of imidazole rings is 1. The number of amides is 1. The van der Waals surface area contributed by atoms with Crippen molar-refractivity contribution in [2.24, 2.45) is 5.84 Å². The first-order chi connectivity index (χ1) is 14.1. The summed E-state index contributed by atoms with van der Waals surface area (Å²) in [5.41, 5.74) is 6.21. The molecule has 4 rings (SSSR count). The van der Waals surface area contributed by atoms with Crippen molar-refractivity contribution in [1.29, 1.82) is 0 Å². The number of hydrazine groups is 1. The molecule has 4 N–H and O–H groups in total. The average Bonchev–Trinajstić information content (AvgIpc) is 3.33. The monoisotopic (exact) mass is 407 g/mol. The molecule has 1 amide bonds. The Hall–Kier alpha value is -3.17. The van der Waals surface area contributed by atoms with Crippen molar-refractivity contribution in [3.05, 3.63) is 65.7 Å². The summed E-state index contributed by atoms with van der Waals surface area (Å²) in [4.78, 5) is 19.5. The molecule has 4 aromatic rings. The number of fused-ring (bicyclic) bond motifs is 1. The van der Waals surface area contributed by atoms with Gasteiger partial charge in [-0.3, -0.25) is 14.8 Å². The predicted octanol–water partition coefficient (Wildman–Crippen LogP) is 2.32. The molecule has 148 valence electrons. The average molecular weight is 408 g/mol. The van der Waals surface area contributed by atoms with Crippen LogP contribution in [0.15, 0.2) is 53.7 Å². The van der Waals surface area contributed by atoms with Crippen molar-refractivity contribution in [3.63, 3.8) is 0 Å². The van der Waals surface area contributed by atoms with Gasteiger partial charge in [0.15, 0.2) is 5.16 Å². The normalized spacial score (nSPS) is 11.1. The van der Waals surface area contributed by atoms with Gasteiger partial charge in [-0.1, -0.05) is 36.0 Å². The maximum atomic E-state index is 11.6. The lowest BCUT2D eigenvalue weighted by atomic mass is 10.2. The number of aryl methyl sites for hydroxylation is 3. The summed E-state index contributed by atoms with van der Waals surface area (Å²) in [6.07, 6.45) is 1.36. The van der Waals surface area contributed by atoms with Crippen LogP contribution in [0, 0.1) is 6.92 Å². The molecule has 0 aliphatic heterocycles. The molecule has 0 spiro atoms. The molecule has 8 nitrogen and oxygen atoms in total. The number of hydrogen-bond donors (Lipinski definition) is 3. The summed E-state index contributed by atoms with van der Waals surface area (Å²) in [5, 5.41) is 9.34. The molecule has 0 saturated heterocycles. The minimum Gasteiger partial charge on any atom is -0.342 e. The predicted molar refractivity (Wildman–Crippen MR) is 113 cm³/mol. The Morgan fingerprint density at radius 1 is 1.17 bits per heavy atom. The lowest BCUT2D eigenvalue weighted by Gasteiger charge is -2.10. The molecule has 0 saturated carbocycles. The van der Waals surface area contributed by atoms with Crippen LogP contribution >= 0.6 is 11.8 Å². The Morgan fingerprint density at radius 3 is 2.83 bits per heavy atom. The van der Waals surface area contributed by atoms with Gasteiger partial charge in [0, 0.05) is 18.5 Å². The fourth-order valence-electron chi connectivity index (χ4n) is 3.11. The Kier molecular flexibility index (Phi) is 5.59. The Morgan fingerprint density at radius 2 is 2.03 bits per heavy atom. The molecule has 0 aliphatic rings. The van der Waals surface area contributed by atoms with Crippen LogP contribution in [0.4, 0.5) is 0 Å².